The van der Waals surface area contributed by atoms with Crippen LogP contribution in [-0.4, -0.2) is 56.1 Å². The molecule has 0 spiro atoms. The predicted molar refractivity (Wildman–Crippen MR) is 59.0 cm³/mol. The summed E-state index contributed by atoms with van der Waals surface area (Å²) >= 11 is 0. The molecule has 0 aromatic heterocycles. The smallest absolute Gasteiger partial charge is 0.328 e. The summed E-state index contributed by atoms with van der Waals surface area (Å²) in [6, 6.07) is -0.507. The quantitative estimate of drug-likeness (QED) is 0.526. The molecular formula is C11H21NO4. The lowest BCUT2D eigenvalue weighted by atomic mass is 9.87. The molecule has 1 atom stereocenters. The van der Waals surface area contributed by atoms with Gasteiger partial charge in [-0.15, -0.1) is 0 Å². The first-order valence-electron chi connectivity index (χ1n) is 5.27. The van der Waals surface area contributed by atoms with Crippen LogP contribution in [0.5, 0.6) is 0 Å². The first-order valence-corrected chi connectivity index (χ1v) is 5.27. The predicted octanol–water partition coefficient (Wildman–Crippen LogP) is 0.631. The summed E-state index contributed by atoms with van der Waals surface area (Å²) in [5, 5.41) is 0. The lowest BCUT2D eigenvalue weighted by Gasteiger charge is -2.57. The topological polar surface area (TPSA) is 48.0 Å². The number of rotatable bonds is 3. The van der Waals surface area contributed by atoms with Crippen LogP contribution in [0.3, 0.4) is 0 Å². The largest absolute Gasteiger partial charge is 0.468 e. The number of carbonyl (C=O) groups excluding carboxylic acids is 1. The molecule has 0 aromatic rings. The zero-order valence-corrected chi connectivity index (χ0v) is 10.9. The molecule has 1 aliphatic rings. The Kier molecular flexibility index (Phi) is 3.62. The fourth-order valence-corrected chi connectivity index (χ4v) is 2.02. The number of esters is 1. The first-order chi connectivity index (χ1) is 7.32. The second kappa shape index (κ2) is 4.31. The number of hydrogen-bond donors (Lipinski definition) is 0. The van der Waals surface area contributed by atoms with Crippen molar-refractivity contribution in [1.82, 2.24) is 4.90 Å². The van der Waals surface area contributed by atoms with Crippen molar-refractivity contribution in [2.24, 2.45) is 0 Å². The second-order valence-electron chi connectivity index (χ2n) is 4.94. The van der Waals surface area contributed by atoms with Crippen LogP contribution in [0.25, 0.3) is 0 Å². The number of likely N-dealkylation sites (tertiary alicyclic amines) is 1. The molecule has 5 nitrogen and oxygen atoms in total. The second-order valence-corrected chi connectivity index (χ2v) is 4.94. The highest BCUT2D eigenvalue weighted by atomic mass is 16.7. The van der Waals surface area contributed by atoms with Crippen LogP contribution in [0.4, 0.5) is 0 Å². The summed E-state index contributed by atoms with van der Waals surface area (Å²) in [5.41, 5.74) is -0.126. The van der Waals surface area contributed by atoms with E-state index >= 15 is 0 Å². The van der Waals surface area contributed by atoms with Gasteiger partial charge in [-0.25, -0.2) is 0 Å². The molecule has 0 bridgehead atoms. The number of nitrogens with zero attached hydrogens (tertiary/aromatic N) is 1. The molecule has 1 saturated heterocycles. The van der Waals surface area contributed by atoms with Crippen LogP contribution in [-0.2, 0) is 19.0 Å². The van der Waals surface area contributed by atoms with E-state index in [9.17, 15) is 4.79 Å². The van der Waals surface area contributed by atoms with Crippen LogP contribution < -0.4 is 0 Å². The molecule has 5 heteroatoms. The van der Waals surface area contributed by atoms with E-state index in [-0.39, 0.29) is 11.5 Å². The molecule has 1 fully saturated rings. The van der Waals surface area contributed by atoms with E-state index < -0.39 is 11.8 Å². The summed E-state index contributed by atoms with van der Waals surface area (Å²) in [7, 11) is 4.45. The summed E-state index contributed by atoms with van der Waals surface area (Å²) in [5.74, 6) is -1.20. The Morgan fingerprint density at radius 3 is 2.06 bits per heavy atom. The summed E-state index contributed by atoms with van der Waals surface area (Å²) in [6.45, 7) is 6.68. The maximum atomic E-state index is 11.8. The third-order valence-corrected chi connectivity index (χ3v) is 3.10. The van der Waals surface area contributed by atoms with Crippen molar-refractivity contribution < 1.29 is 19.0 Å². The molecule has 1 unspecified atom stereocenters. The normalized spacial score (nSPS) is 25.0. The number of ether oxygens (including phenoxy) is 3. The molecule has 0 N–H and O–H groups in total. The van der Waals surface area contributed by atoms with Gasteiger partial charge in [0.15, 0.2) is 6.04 Å². The Hall–Kier alpha value is -0.650. The molecule has 16 heavy (non-hydrogen) atoms. The Balaban J connectivity index is 2.93. The van der Waals surface area contributed by atoms with E-state index in [1.807, 2.05) is 25.7 Å². The molecule has 0 amide bonds. The number of methoxy groups -OCH3 is 3. The average Bonchev–Trinajstić information content (AvgIpc) is 2.16. The molecule has 0 saturated carbocycles. The van der Waals surface area contributed by atoms with Crippen LogP contribution in [0, 0.1) is 0 Å². The van der Waals surface area contributed by atoms with E-state index in [1.165, 1.54) is 7.11 Å². The van der Waals surface area contributed by atoms with Gasteiger partial charge in [-0.05, 0) is 20.8 Å². The Morgan fingerprint density at radius 2 is 1.75 bits per heavy atom. The molecule has 94 valence electrons. The zero-order valence-electron chi connectivity index (χ0n) is 10.9. The van der Waals surface area contributed by atoms with Crippen LogP contribution in [0.15, 0.2) is 0 Å². The average molecular weight is 231 g/mol. The monoisotopic (exact) mass is 231 g/mol. The van der Waals surface area contributed by atoms with E-state index in [4.69, 9.17) is 14.2 Å². The van der Waals surface area contributed by atoms with Gasteiger partial charge in [0.25, 0.3) is 0 Å². The summed E-state index contributed by atoms with van der Waals surface area (Å²) in [4.78, 5) is 13.8. The van der Waals surface area contributed by atoms with Crippen LogP contribution in [0.2, 0.25) is 0 Å². The lowest BCUT2D eigenvalue weighted by molar-refractivity contribution is -0.319. The number of hydrogen-bond acceptors (Lipinski definition) is 5. The van der Waals surface area contributed by atoms with Crippen molar-refractivity contribution in [2.45, 2.75) is 38.1 Å². The fraction of sp³-hybridized carbons (Fsp3) is 0.909. The van der Waals surface area contributed by atoms with Crippen LogP contribution >= 0.6 is 0 Å². The number of carbonyl (C=O) groups is 1. The first kappa shape index (κ1) is 13.4. The van der Waals surface area contributed by atoms with Crippen molar-refractivity contribution >= 4 is 5.97 Å². The van der Waals surface area contributed by atoms with Gasteiger partial charge in [0.1, 0.15) is 0 Å². The van der Waals surface area contributed by atoms with Gasteiger partial charge in [0.05, 0.1) is 13.7 Å². The van der Waals surface area contributed by atoms with Gasteiger partial charge in [0.2, 0.25) is 5.79 Å². The maximum Gasteiger partial charge on any atom is 0.328 e. The van der Waals surface area contributed by atoms with Crippen molar-refractivity contribution in [1.29, 1.82) is 0 Å². The van der Waals surface area contributed by atoms with Gasteiger partial charge in [-0.1, -0.05) is 0 Å². The minimum atomic E-state index is -0.875. The minimum Gasteiger partial charge on any atom is -0.468 e. The summed E-state index contributed by atoms with van der Waals surface area (Å²) in [6.07, 6.45) is 0. The molecule has 0 aliphatic carbocycles. The van der Waals surface area contributed by atoms with Crippen molar-refractivity contribution in [2.75, 3.05) is 27.9 Å². The lowest BCUT2D eigenvalue weighted by Crippen LogP contribution is -2.78. The minimum absolute atomic E-state index is 0.126. The highest BCUT2D eigenvalue weighted by Gasteiger charge is 2.61. The van der Waals surface area contributed by atoms with E-state index in [1.54, 1.807) is 14.2 Å². The molecule has 1 rings (SSSR count). The Bertz CT molecular complexity index is 268. The molecule has 0 radical (unpaired) electrons. The summed E-state index contributed by atoms with van der Waals surface area (Å²) < 4.78 is 15.4. The third kappa shape index (κ3) is 1.95. The van der Waals surface area contributed by atoms with Crippen molar-refractivity contribution in [3.05, 3.63) is 0 Å². The van der Waals surface area contributed by atoms with Gasteiger partial charge in [0, 0.05) is 19.8 Å². The molecule has 0 aromatic carbocycles. The molecule has 1 aliphatic heterocycles. The molecular weight excluding hydrogens is 210 g/mol. The van der Waals surface area contributed by atoms with Gasteiger partial charge < -0.3 is 14.2 Å². The van der Waals surface area contributed by atoms with E-state index in [0.29, 0.717) is 6.54 Å². The standard InChI is InChI=1S/C11H21NO4/c1-10(2,3)12-7-11(15-5,16-6)8(12)9(13)14-4/h8H,7H2,1-6H3. The Morgan fingerprint density at radius 1 is 1.25 bits per heavy atom. The highest BCUT2D eigenvalue weighted by molar-refractivity contribution is 5.78. The van der Waals surface area contributed by atoms with E-state index in [0.717, 1.165) is 0 Å². The highest BCUT2D eigenvalue weighted by Crippen LogP contribution is 2.39. The van der Waals surface area contributed by atoms with E-state index in [2.05, 4.69) is 0 Å². The Labute approximate surface area is 96.6 Å². The van der Waals surface area contributed by atoms with Gasteiger partial charge >= 0.3 is 5.97 Å². The SMILES string of the molecule is COC(=O)C1N(C(C)(C)C)CC1(OC)OC. The van der Waals surface area contributed by atoms with Gasteiger partial charge in [-0.2, -0.15) is 0 Å². The maximum absolute atomic E-state index is 11.8. The van der Waals surface area contributed by atoms with Crippen LogP contribution in [0.1, 0.15) is 20.8 Å². The molecule has 1 heterocycles. The van der Waals surface area contributed by atoms with Crippen molar-refractivity contribution in [3.63, 3.8) is 0 Å². The zero-order chi connectivity index (χ0) is 12.6. The van der Waals surface area contributed by atoms with Gasteiger partial charge in [-0.3, -0.25) is 9.69 Å². The third-order valence-electron chi connectivity index (χ3n) is 3.10. The van der Waals surface area contributed by atoms with Crippen molar-refractivity contribution in [3.8, 4) is 0 Å². The fourth-order valence-electron chi connectivity index (χ4n) is 2.02.